The van der Waals surface area contributed by atoms with E-state index in [4.69, 9.17) is 5.26 Å². The quantitative estimate of drug-likeness (QED) is 0.744. The third-order valence-corrected chi connectivity index (χ3v) is 3.62. The summed E-state index contributed by atoms with van der Waals surface area (Å²) in [7, 11) is 0. The summed E-state index contributed by atoms with van der Waals surface area (Å²) in [5.74, 6) is 0.786. The number of aryl methyl sites for hydroxylation is 1. The average molecular weight is 301 g/mol. The van der Waals surface area contributed by atoms with Crippen molar-refractivity contribution in [1.82, 2.24) is 19.7 Å². The number of nitriles is 1. The van der Waals surface area contributed by atoms with Gasteiger partial charge in [0.2, 0.25) is 0 Å². The molecule has 3 rings (SSSR count). The van der Waals surface area contributed by atoms with Gasteiger partial charge in [-0.15, -0.1) is 0 Å². The van der Waals surface area contributed by atoms with Gasteiger partial charge >= 0.3 is 0 Å². The maximum Gasteiger partial charge on any atom is 0.153 e. The topological polar surface area (TPSA) is 67.4 Å². The van der Waals surface area contributed by atoms with Crippen molar-refractivity contribution in [1.29, 1.82) is 5.26 Å². The number of hydrogen-bond acceptors (Lipinski definition) is 4. The van der Waals surface area contributed by atoms with E-state index in [1.54, 1.807) is 18.6 Å². The lowest BCUT2D eigenvalue weighted by molar-refractivity contribution is 0.806. The molecule has 0 aromatic carbocycles. The lowest BCUT2D eigenvalue weighted by Gasteiger charge is -2.02. The summed E-state index contributed by atoms with van der Waals surface area (Å²) >= 11 is 0. The van der Waals surface area contributed by atoms with Gasteiger partial charge in [-0.25, -0.2) is 9.67 Å². The Kier molecular flexibility index (Phi) is 3.98. The van der Waals surface area contributed by atoms with Gasteiger partial charge in [0.25, 0.3) is 0 Å². The normalized spacial score (nSPS) is 10.8. The molecule has 0 saturated carbocycles. The van der Waals surface area contributed by atoms with Gasteiger partial charge in [-0.1, -0.05) is 18.2 Å². The minimum absolute atomic E-state index is 0.552. The Bertz CT molecular complexity index is 901. The van der Waals surface area contributed by atoms with E-state index in [1.807, 2.05) is 54.9 Å². The van der Waals surface area contributed by atoms with Crippen LogP contribution in [0.4, 0.5) is 0 Å². The van der Waals surface area contributed by atoms with Crippen molar-refractivity contribution in [2.24, 2.45) is 0 Å². The van der Waals surface area contributed by atoms with Crippen molar-refractivity contribution in [3.05, 3.63) is 70.9 Å². The van der Waals surface area contributed by atoms with Gasteiger partial charge in [-0.05, 0) is 37.6 Å². The highest BCUT2D eigenvalue weighted by atomic mass is 15.3. The Balaban J connectivity index is 2.00. The molecule has 0 unspecified atom stereocenters. The summed E-state index contributed by atoms with van der Waals surface area (Å²) < 4.78 is 1.83. The zero-order chi connectivity index (χ0) is 16.2. The SMILES string of the molecule is Cc1nn(-c2ccccn2)c(C)c1/C=C/c1ccncc1C#N. The molecule has 0 atom stereocenters. The Hall–Kier alpha value is -3.26. The molecule has 0 radical (unpaired) electrons. The highest BCUT2D eigenvalue weighted by molar-refractivity contribution is 5.74. The van der Waals surface area contributed by atoms with Crippen LogP contribution in [0.5, 0.6) is 0 Å². The molecule has 3 heterocycles. The highest BCUT2D eigenvalue weighted by Gasteiger charge is 2.11. The summed E-state index contributed by atoms with van der Waals surface area (Å²) in [6.45, 7) is 3.97. The number of aromatic nitrogens is 4. The third kappa shape index (κ3) is 2.87. The van der Waals surface area contributed by atoms with Crippen molar-refractivity contribution in [2.45, 2.75) is 13.8 Å². The van der Waals surface area contributed by atoms with E-state index in [-0.39, 0.29) is 0 Å². The van der Waals surface area contributed by atoms with Crippen LogP contribution in [0.1, 0.15) is 28.1 Å². The first-order chi connectivity index (χ1) is 11.2. The van der Waals surface area contributed by atoms with Crippen LogP contribution in [0.15, 0.2) is 42.9 Å². The molecule has 112 valence electrons. The van der Waals surface area contributed by atoms with Crippen molar-refractivity contribution < 1.29 is 0 Å². The molecule has 0 aliphatic rings. The van der Waals surface area contributed by atoms with E-state index in [0.717, 1.165) is 28.3 Å². The predicted octanol–water partition coefficient (Wildman–Crippen LogP) is 3.32. The lowest BCUT2D eigenvalue weighted by atomic mass is 10.1. The van der Waals surface area contributed by atoms with Gasteiger partial charge in [-0.3, -0.25) is 4.98 Å². The fourth-order valence-corrected chi connectivity index (χ4v) is 2.42. The van der Waals surface area contributed by atoms with Crippen LogP contribution < -0.4 is 0 Å². The molecule has 5 nitrogen and oxygen atoms in total. The molecular weight excluding hydrogens is 286 g/mol. The van der Waals surface area contributed by atoms with E-state index >= 15 is 0 Å². The summed E-state index contributed by atoms with van der Waals surface area (Å²) in [6.07, 6.45) is 8.89. The number of nitrogens with zero attached hydrogens (tertiary/aromatic N) is 5. The molecule has 0 fully saturated rings. The fraction of sp³-hybridized carbons (Fsp3) is 0.111. The van der Waals surface area contributed by atoms with E-state index in [2.05, 4.69) is 21.1 Å². The third-order valence-electron chi connectivity index (χ3n) is 3.62. The van der Waals surface area contributed by atoms with Crippen LogP contribution in [0, 0.1) is 25.2 Å². The van der Waals surface area contributed by atoms with E-state index in [1.165, 1.54) is 0 Å². The van der Waals surface area contributed by atoms with Gasteiger partial charge in [0, 0.05) is 24.2 Å². The standard InChI is InChI=1S/C18H15N5/c1-13-17(7-6-15-8-10-20-12-16(15)11-19)14(2)23(22-13)18-5-3-4-9-21-18/h3-10,12H,1-2H3/b7-6+. The predicted molar refractivity (Wildman–Crippen MR) is 88.7 cm³/mol. The smallest absolute Gasteiger partial charge is 0.153 e. The maximum absolute atomic E-state index is 9.13. The molecule has 0 saturated heterocycles. The summed E-state index contributed by atoms with van der Waals surface area (Å²) in [5.41, 5.74) is 4.33. The Morgan fingerprint density at radius 2 is 2.00 bits per heavy atom. The molecule has 0 N–H and O–H groups in total. The molecule has 23 heavy (non-hydrogen) atoms. The molecule has 3 aromatic heterocycles. The van der Waals surface area contributed by atoms with Crippen LogP contribution in [-0.2, 0) is 0 Å². The van der Waals surface area contributed by atoms with Crippen molar-refractivity contribution in [3.8, 4) is 11.9 Å². The van der Waals surface area contributed by atoms with Crippen LogP contribution in [-0.4, -0.2) is 19.7 Å². The number of hydrogen-bond donors (Lipinski definition) is 0. The second-order valence-electron chi connectivity index (χ2n) is 5.09. The Morgan fingerprint density at radius 3 is 2.74 bits per heavy atom. The first-order valence-electron chi connectivity index (χ1n) is 7.20. The second kappa shape index (κ2) is 6.24. The zero-order valence-electron chi connectivity index (χ0n) is 12.9. The molecule has 0 spiro atoms. The van der Waals surface area contributed by atoms with Gasteiger partial charge in [-0.2, -0.15) is 10.4 Å². The first kappa shape index (κ1) is 14.7. The molecule has 0 bridgehead atoms. The Morgan fingerprint density at radius 1 is 1.13 bits per heavy atom. The molecule has 0 aliphatic carbocycles. The largest absolute Gasteiger partial charge is 0.263 e. The second-order valence-corrected chi connectivity index (χ2v) is 5.09. The average Bonchev–Trinajstić information content (AvgIpc) is 2.88. The first-order valence-corrected chi connectivity index (χ1v) is 7.20. The molecular formula is C18H15N5. The van der Waals surface area contributed by atoms with Gasteiger partial charge in [0.05, 0.1) is 17.0 Å². The van der Waals surface area contributed by atoms with E-state index < -0.39 is 0 Å². The molecule has 5 heteroatoms. The van der Waals surface area contributed by atoms with Crippen molar-refractivity contribution >= 4 is 12.2 Å². The van der Waals surface area contributed by atoms with Crippen LogP contribution >= 0.6 is 0 Å². The molecule has 0 amide bonds. The lowest BCUT2D eigenvalue weighted by Crippen LogP contribution is -2.01. The summed E-state index contributed by atoms with van der Waals surface area (Å²) in [4.78, 5) is 8.30. The van der Waals surface area contributed by atoms with Gasteiger partial charge < -0.3 is 0 Å². The van der Waals surface area contributed by atoms with Crippen LogP contribution in [0.3, 0.4) is 0 Å². The molecule has 3 aromatic rings. The summed E-state index contributed by atoms with van der Waals surface area (Å²) in [5, 5.41) is 13.7. The molecule has 0 aliphatic heterocycles. The highest BCUT2D eigenvalue weighted by Crippen LogP contribution is 2.20. The van der Waals surface area contributed by atoms with E-state index in [9.17, 15) is 0 Å². The summed E-state index contributed by atoms with van der Waals surface area (Å²) in [6, 6.07) is 9.70. The fourth-order valence-electron chi connectivity index (χ4n) is 2.42. The van der Waals surface area contributed by atoms with E-state index in [0.29, 0.717) is 5.56 Å². The zero-order valence-corrected chi connectivity index (χ0v) is 12.9. The Labute approximate surface area is 134 Å². The van der Waals surface area contributed by atoms with Crippen molar-refractivity contribution in [3.63, 3.8) is 0 Å². The number of rotatable bonds is 3. The monoisotopic (exact) mass is 301 g/mol. The number of pyridine rings is 2. The minimum atomic E-state index is 0.552. The van der Waals surface area contributed by atoms with Gasteiger partial charge in [0.1, 0.15) is 6.07 Å². The maximum atomic E-state index is 9.13. The van der Waals surface area contributed by atoms with Crippen LogP contribution in [0.25, 0.3) is 18.0 Å². The van der Waals surface area contributed by atoms with Gasteiger partial charge in [0.15, 0.2) is 5.82 Å². The van der Waals surface area contributed by atoms with Crippen LogP contribution in [0.2, 0.25) is 0 Å². The van der Waals surface area contributed by atoms with Crippen molar-refractivity contribution in [2.75, 3.05) is 0 Å². The minimum Gasteiger partial charge on any atom is -0.263 e.